The fourth-order valence-corrected chi connectivity index (χ4v) is 2.10. The molecule has 2 aromatic rings. The molecular formula is C16H20O. The van der Waals surface area contributed by atoms with Crippen LogP contribution in [0.1, 0.15) is 33.1 Å². The maximum Gasteiger partial charge on any atom is 0.120 e. The highest BCUT2D eigenvalue weighted by atomic mass is 16.5. The van der Waals surface area contributed by atoms with E-state index in [4.69, 9.17) is 4.74 Å². The molecule has 17 heavy (non-hydrogen) atoms. The van der Waals surface area contributed by atoms with Crippen molar-refractivity contribution in [3.05, 3.63) is 42.5 Å². The van der Waals surface area contributed by atoms with Gasteiger partial charge in [0, 0.05) is 0 Å². The van der Waals surface area contributed by atoms with Gasteiger partial charge in [-0.2, -0.15) is 0 Å². The minimum Gasteiger partial charge on any atom is -0.490 e. The van der Waals surface area contributed by atoms with Crippen LogP contribution in [0.15, 0.2) is 42.5 Å². The molecule has 90 valence electrons. The minimum atomic E-state index is 0.348. The molecule has 0 bridgehead atoms. The summed E-state index contributed by atoms with van der Waals surface area (Å²) in [5.74, 6) is 0.990. The van der Waals surface area contributed by atoms with Gasteiger partial charge in [-0.3, -0.25) is 0 Å². The Hall–Kier alpha value is -1.50. The summed E-state index contributed by atoms with van der Waals surface area (Å²) in [7, 11) is 0. The van der Waals surface area contributed by atoms with Crippen LogP contribution in [-0.4, -0.2) is 6.10 Å². The molecule has 0 aliphatic carbocycles. The third-order valence-corrected chi connectivity index (χ3v) is 3.09. The van der Waals surface area contributed by atoms with Crippen molar-refractivity contribution in [3.63, 3.8) is 0 Å². The lowest BCUT2D eigenvalue weighted by molar-refractivity contribution is 0.186. The molecule has 0 fully saturated rings. The Morgan fingerprint density at radius 2 is 1.76 bits per heavy atom. The molecule has 0 heterocycles. The van der Waals surface area contributed by atoms with Gasteiger partial charge in [0.2, 0.25) is 0 Å². The van der Waals surface area contributed by atoms with Crippen LogP contribution in [0, 0.1) is 0 Å². The Balaban J connectivity index is 2.18. The molecule has 2 aromatic carbocycles. The van der Waals surface area contributed by atoms with Crippen molar-refractivity contribution in [1.82, 2.24) is 0 Å². The van der Waals surface area contributed by atoms with E-state index < -0.39 is 0 Å². The molecule has 0 amide bonds. The second-order valence-corrected chi connectivity index (χ2v) is 4.45. The molecule has 2 rings (SSSR count). The van der Waals surface area contributed by atoms with Crippen LogP contribution in [0.4, 0.5) is 0 Å². The molecule has 1 atom stereocenters. The Morgan fingerprint density at radius 1 is 1.00 bits per heavy atom. The Bertz CT molecular complexity index is 476. The van der Waals surface area contributed by atoms with Gasteiger partial charge >= 0.3 is 0 Å². The maximum absolute atomic E-state index is 6.01. The summed E-state index contributed by atoms with van der Waals surface area (Å²) in [6, 6.07) is 14.7. The minimum absolute atomic E-state index is 0.348. The van der Waals surface area contributed by atoms with Gasteiger partial charge in [0.1, 0.15) is 5.75 Å². The summed E-state index contributed by atoms with van der Waals surface area (Å²) in [6.45, 7) is 4.38. The van der Waals surface area contributed by atoms with Crippen molar-refractivity contribution in [1.29, 1.82) is 0 Å². The van der Waals surface area contributed by atoms with Gasteiger partial charge in [-0.15, -0.1) is 0 Å². The largest absolute Gasteiger partial charge is 0.490 e. The smallest absolute Gasteiger partial charge is 0.120 e. The van der Waals surface area contributed by atoms with Crippen molar-refractivity contribution in [2.45, 2.75) is 39.2 Å². The number of ether oxygens (including phenoxy) is 1. The van der Waals surface area contributed by atoms with E-state index in [0.717, 1.165) is 18.6 Å². The topological polar surface area (TPSA) is 9.23 Å². The second-order valence-electron chi connectivity index (χ2n) is 4.45. The summed E-state index contributed by atoms with van der Waals surface area (Å²) >= 11 is 0. The van der Waals surface area contributed by atoms with E-state index >= 15 is 0 Å². The summed E-state index contributed by atoms with van der Waals surface area (Å²) in [4.78, 5) is 0. The predicted molar refractivity (Wildman–Crippen MR) is 73.6 cm³/mol. The van der Waals surface area contributed by atoms with Gasteiger partial charge in [-0.1, -0.05) is 50.6 Å². The van der Waals surface area contributed by atoms with Crippen LogP contribution in [-0.2, 0) is 0 Å². The molecule has 0 aliphatic rings. The third-order valence-electron chi connectivity index (χ3n) is 3.09. The van der Waals surface area contributed by atoms with Gasteiger partial charge in [-0.25, -0.2) is 0 Å². The number of fused-ring (bicyclic) bond motifs is 1. The molecule has 0 unspecified atom stereocenters. The molecule has 0 N–H and O–H groups in total. The van der Waals surface area contributed by atoms with Crippen LogP contribution in [0.2, 0.25) is 0 Å². The van der Waals surface area contributed by atoms with Gasteiger partial charge in [0.05, 0.1) is 6.10 Å². The third kappa shape index (κ3) is 3.00. The lowest BCUT2D eigenvalue weighted by Crippen LogP contribution is -2.14. The normalized spacial score (nSPS) is 12.6. The van der Waals surface area contributed by atoms with E-state index in [-0.39, 0.29) is 0 Å². The van der Waals surface area contributed by atoms with Gasteiger partial charge in [0.25, 0.3) is 0 Å². The van der Waals surface area contributed by atoms with Crippen molar-refractivity contribution >= 4 is 10.8 Å². The Labute approximate surface area is 103 Å². The van der Waals surface area contributed by atoms with E-state index in [1.807, 2.05) is 0 Å². The van der Waals surface area contributed by atoms with Crippen molar-refractivity contribution in [2.75, 3.05) is 0 Å². The maximum atomic E-state index is 6.01. The first-order chi connectivity index (χ1) is 8.33. The molecule has 1 heteroatoms. The first-order valence-corrected chi connectivity index (χ1v) is 6.49. The second kappa shape index (κ2) is 5.72. The van der Waals surface area contributed by atoms with Crippen molar-refractivity contribution in [3.8, 4) is 5.75 Å². The van der Waals surface area contributed by atoms with E-state index in [9.17, 15) is 0 Å². The van der Waals surface area contributed by atoms with E-state index in [2.05, 4.69) is 56.3 Å². The highest BCUT2D eigenvalue weighted by Crippen LogP contribution is 2.22. The fraction of sp³-hybridized carbons (Fsp3) is 0.375. The quantitative estimate of drug-likeness (QED) is 0.714. The lowest BCUT2D eigenvalue weighted by Gasteiger charge is -2.17. The summed E-state index contributed by atoms with van der Waals surface area (Å²) < 4.78 is 6.01. The Kier molecular flexibility index (Phi) is 4.03. The first kappa shape index (κ1) is 12.0. The summed E-state index contributed by atoms with van der Waals surface area (Å²) in [5, 5.41) is 2.51. The number of hydrogen-bond donors (Lipinski definition) is 0. The monoisotopic (exact) mass is 228 g/mol. The van der Waals surface area contributed by atoms with Gasteiger partial charge in [0.15, 0.2) is 0 Å². The molecule has 0 aliphatic heterocycles. The number of rotatable bonds is 5. The van der Waals surface area contributed by atoms with Crippen LogP contribution in [0.3, 0.4) is 0 Å². The summed E-state index contributed by atoms with van der Waals surface area (Å²) in [6.07, 6.45) is 3.72. The zero-order valence-corrected chi connectivity index (χ0v) is 10.6. The molecule has 0 aromatic heterocycles. The van der Waals surface area contributed by atoms with Gasteiger partial charge < -0.3 is 4.74 Å². The molecule has 1 nitrogen and oxygen atoms in total. The fourth-order valence-electron chi connectivity index (χ4n) is 2.10. The molecule has 0 saturated carbocycles. The highest BCUT2D eigenvalue weighted by Gasteiger charge is 2.06. The van der Waals surface area contributed by atoms with E-state index in [1.165, 1.54) is 17.2 Å². The lowest BCUT2D eigenvalue weighted by atomic mass is 10.1. The summed E-state index contributed by atoms with van der Waals surface area (Å²) in [5.41, 5.74) is 0. The van der Waals surface area contributed by atoms with Crippen LogP contribution >= 0.6 is 0 Å². The Morgan fingerprint density at radius 3 is 2.47 bits per heavy atom. The number of hydrogen-bond acceptors (Lipinski definition) is 1. The van der Waals surface area contributed by atoms with Crippen LogP contribution < -0.4 is 4.74 Å². The molecule has 0 radical (unpaired) electrons. The average Bonchev–Trinajstić information content (AvgIpc) is 2.38. The van der Waals surface area contributed by atoms with Crippen molar-refractivity contribution < 1.29 is 4.74 Å². The predicted octanol–water partition coefficient (Wildman–Crippen LogP) is 4.80. The van der Waals surface area contributed by atoms with E-state index in [0.29, 0.717) is 6.10 Å². The average molecular weight is 228 g/mol. The molecule has 0 saturated heterocycles. The highest BCUT2D eigenvalue weighted by molar-refractivity contribution is 5.83. The SMILES string of the molecule is CCC[C@H](CC)Oc1ccc2ccccc2c1. The van der Waals surface area contributed by atoms with Crippen LogP contribution in [0.25, 0.3) is 10.8 Å². The molecule has 0 spiro atoms. The first-order valence-electron chi connectivity index (χ1n) is 6.49. The van der Waals surface area contributed by atoms with Crippen molar-refractivity contribution in [2.24, 2.45) is 0 Å². The van der Waals surface area contributed by atoms with E-state index in [1.54, 1.807) is 0 Å². The van der Waals surface area contributed by atoms with Crippen LogP contribution in [0.5, 0.6) is 5.75 Å². The zero-order valence-electron chi connectivity index (χ0n) is 10.6. The van der Waals surface area contributed by atoms with Gasteiger partial charge in [-0.05, 0) is 35.7 Å². The number of benzene rings is 2. The zero-order chi connectivity index (χ0) is 12.1. The standard InChI is InChI=1S/C16H20O/c1-3-7-15(4-2)17-16-11-10-13-8-5-6-9-14(13)12-16/h5-6,8-12,15H,3-4,7H2,1-2H3/t15-/m0/s1. The molecular weight excluding hydrogens is 208 g/mol.